The van der Waals surface area contributed by atoms with Gasteiger partial charge in [0.1, 0.15) is 23.0 Å². The van der Waals surface area contributed by atoms with Gasteiger partial charge in [-0.25, -0.2) is 0 Å². The van der Waals surface area contributed by atoms with E-state index in [-0.39, 0.29) is 49.8 Å². The van der Waals surface area contributed by atoms with Gasteiger partial charge in [0.05, 0.1) is 54.8 Å². The minimum Gasteiger partial charge on any atom is -0.495 e. The fraction of sp³-hybridized carbons (Fsp3) is 0.226. The number of nitro benzene ring substituents is 1. The summed E-state index contributed by atoms with van der Waals surface area (Å²) in [7, 11) is 5.73. The molecule has 0 saturated heterocycles. The topological polar surface area (TPSA) is 150 Å². The third kappa shape index (κ3) is 6.76. The molecule has 0 unspecified atom stereocenters. The van der Waals surface area contributed by atoms with Crippen LogP contribution in [0.3, 0.4) is 0 Å². The Kier molecular flexibility index (Phi) is 10.1. The summed E-state index contributed by atoms with van der Waals surface area (Å²) in [5, 5.41) is 20.9. The molecule has 14 heteroatoms. The number of allylic oxidation sites excluding steroid dienone is 2. The molecule has 1 aliphatic rings. The Labute approximate surface area is 269 Å². The zero-order valence-corrected chi connectivity index (χ0v) is 26.7. The summed E-state index contributed by atoms with van der Waals surface area (Å²) < 4.78 is 21.4. The van der Waals surface area contributed by atoms with Crippen molar-refractivity contribution < 1.29 is 33.5 Å². The number of nitro groups is 1. The number of methoxy groups -OCH3 is 4. The van der Waals surface area contributed by atoms with Crippen molar-refractivity contribution in [3.63, 3.8) is 0 Å². The van der Waals surface area contributed by atoms with Crippen molar-refractivity contribution in [2.75, 3.05) is 39.1 Å². The Morgan fingerprint density at radius 2 is 1.20 bits per heavy atom. The van der Waals surface area contributed by atoms with Crippen LogP contribution in [0.4, 0.5) is 17.1 Å². The number of hydrogen-bond acceptors (Lipinski definition) is 9. The second-order valence-electron chi connectivity index (χ2n) is 9.77. The lowest BCUT2D eigenvalue weighted by Gasteiger charge is -2.31. The SMILES string of the molecule is COc1cc(OC)c(NC(=O)C2=C(C)NC(C)=C(C(=O)Nc3cc(Cl)c(OC)cc3OC)C2c2cccc([N+](=O)[O-])c2)cc1Cl. The van der Waals surface area contributed by atoms with E-state index in [0.29, 0.717) is 28.5 Å². The highest BCUT2D eigenvalue weighted by Crippen LogP contribution is 2.43. The van der Waals surface area contributed by atoms with Crippen LogP contribution in [0, 0.1) is 10.1 Å². The largest absolute Gasteiger partial charge is 0.495 e. The van der Waals surface area contributed by atoms with Gasteiger partial charge in [-0.05, 0) is 31.5 Å². The molecule has 1 aliphatic heterocycles. The molecule has 3 aromatic rings. The van der Waals surface area contributed by atoms with Crippen LogP contribution in [-0.4, -0.2) is 45.2 Å². The molecule has 3 N–H and O–H groups in total. The van der Waals surface area contributed by atoms with Crippen LogP contribution in [0.15, 0.2) is 71.1 Å². The van der Waals surface area contributed by atoms with Crippen molar-refractivity contribution in [1.29, 1.82) is 0 Å². The second kappa shape index (κ2) is 13.8. The molecule has 0 aromatic heterocycles. The quantitative estimate of drug-likeness (QED) is 0.165. The smallest absolute Gasteiger partial charge is 0.269 e. The predicted molar refractivity (Wildman–Crippen MR) is 171 cm³/mol. The number of dihydropyridines is 1. The number of carbonyl (C=O) groups is 2. The molecular weight excluding hydrogens is 627 g/mol. The summed E-state index contributed by atoms with van der Waals surface area (Å²) in [4.78, 5) is 39.3. The third-order valence-corrected chi connectivity index (χ3v) is 7.70. The standard InChI is InChI=1S/C31H30Cl2N4O8/c1-15-27(30(38)35-21-11-19(32)23(42-3)13-25(21)44-5)29(17-8-7-9-18(10-17)37(40)41)28(16(2)34-15)31(39)36-22-12-20(33)24(43-4)14-26(22)45-6/h7-14,29,34H,1-6H3,(H,35,38)(H,36,39). The normalized spacial score (nSPS) is 13.2. The molecule has 4 rings (SSSR count). The first-order valence-corrected chi connectivity index (χ1v) is 14.1. The monoisotopic (exact) mass is 656 g/mol. The van der Waals surface area contributed by atoms with E-state index in [9.17, 15) is 19.7 Å². The molecule has 0 bridgehead atoms. The van der Waals surface area contributed by atoms with E-state index in [0.717, 1.165) is 0 Å². The van der Waals surface area contributed by atoms with Crippen LogP contribution in [0.1, 0.15) is 25.3 Å². The maximum Gasteiger partial charge on any atom is 0.269 e. The van der Waals surface area contributed by atoms with Crippen molar-refractivity contribution in [3.8, 4) is 23.0 Å². The molecule has 0 radical (unpaired) electrons. The molecule has 0 saturated carbocycles. The summed E-state index contributed by atoms with van der Waals surface area (Å²) in [6.45, 7) is 3.34. The highest BCUT2D eigenvalue weighted by molar-refractivity contribution is 6.33. The van der Waals surface area contributed by atoms with Crippen molar-refractivity contribution >= 4 is 52.1 Å². The molecule has 45 heavy (non-hydrogen) atoms. The van der Waals surface area contributed by atoms with Crippen molar-refractivity contribution in [1.82, 2.24) is 5.32 Å². The first kappa shape index (κ1) is 33.0. The number of nitrogens with zero attached hydrogens (tertiary/aromatic N) is 1. The van der Waals surface area contributed by atoms with Gasteiger partial charge in [0.2, 0.25) is 0 Å². The van der Waals surface area contributed by atoms with Crippen LogP contribution in [-0.2, 0) is 9.59 Å². The number of non-ortho nitro benzene ring substituents is 1. The predicted octanol–water partition coefficient (Wildman–Crippen LogP) is 6.45. The fourth-order valence-electron chi connectivity index (χ4n) is 5.04. The molecule has 236 valence electrons. The molecular formula is C31H30Cl2N4O8. The van der Waals surface area contributed by atoms with Gasteiger partial charge in [-0.15, -0.1) is 0 Å². The van der Waals surface area contributed by atoms with Crippen molar-refractivity contribution in [2.45, 2.75) is 19.8 Å². The van der Waals surface area contributed by atoms with Gasteiger partial charge < -0.3 is 34.9 Å². The molecule has 0 aliphatic carbocycles. The lowest BCUT2D eigenvalue weighted by Crippen LogP contribution is -2.35. The van der Waals surface area contributed by atoms with E-state index < -0.39 is 22.7 Å². The Bertz CT molecular complexity index is 1660. The third-order valence-electron chi connectivity index (χ3n) is 7.11. The van der Waals surface area contributed by atoms with Gasteiger partial charge in [0, 0.05) is 52.7 Å². The van der Waals surface area contributed by atoms with E-state index in [1.807, 2.05) is 0 Å². The molecule has 0 fully saturated rings. The Morgan fingerprint density at radius 3 is 1.60 bits per heavy atom. The zero-order valence-electron chi connectivity index (χ0n) is 25.2. The number of ether oxygens (including phenoxy) is 4. The number of anilines is 2. The average Bonchev–Trinajstić information content (AvgIpc) is 3.00. The number of amides is 2. The summed E-state index contributed by atoms with van der Waals surface area (Å²) in [6, 6.07) is 11.7. The first-order valence-electron chi connectivity index (χ1n) is 13.3. The van der Waals surface area contributed by atoms with E-state index in [1.165, 1.54) is 70.9 Å². The highest BCUT2D eigenvalue weighted by atomic mass is 35.5. The minimum absolute atomic E-state index is 0.125. The van der Waals surface area contributed by atoms with Gasteiger partial charge in [-0.2, -0.15) is 0 Å². The van der Waals surface area contributed by atoms with Gasteiger partial charge in [0.15, 0.2) is 0 Å². The molecule has 0 spiro atoms. The van der Waals surface area contributed by atoms with E-state index in [2.05, 4.69) is 16.0 Å². The number of halogens is 2. The van der Waals surface area contributed by atoms with Crippen molar-refractivity contribution in [2.24, 2.45) is 0 Å². The van der Waals surface area contributed by atoms with Crippen molar-refractivity contribution in [3.05, 3.63) is 96.8 Å². The summed E-state index contributed by atoms with van der Waals surface area (Å²) in [5.41, 5.74) is 1.68. The van der Waals surface area contributed by atoms with Crippen LogP contribution in [0.2, 0.25) is 10.0 Å². The van der Waals surface area contributed by atoms with Crippen LogP contribution >= 0.6 is 23.2 Å². The first-order chi connectivity index (χ1) is 21.4. The Hall–Kier alpha value is -4.94. The second-order valence-corrected chi connectivity index (χ2v) is 10.6. The van der Waals surface area contributed by atoms with Gasteiger partial charge in [0.25, 0.3) is 17.5 Å². The number of hydrogen-bond donors (Lipinski definition) is 3. The number of rotatable bonds is 10. The zero-order chi connectivity index (χ0) is 33.0. The lowest BCUT2D eigenvalue weighted by molar-refractivity contribution is -0.384. The van der Waals surface area contributed by atoms with Gasteiger partial charge in [-0.3, -0.25) is 19.7 Å². The molecule has 3 aromatic carbocycles. The summed E-state index contributed by atoms with van der Waals surface area (Å²) in [6.07, 6.45) is 0. The maximum atomic E-state index is 14.1. The maximum absolute atomic E-state index is 14.1. The minimum atomic E-state index is -1.05. The number of nitrogens with one attached hydrogen (secondary N) is 3. The Morgan fingerprint density at radius 1 is 0.756 bits per heavy atom. The van der Waals surface area contributed by atoms with Crippen LogP contribution in [0.25, 0.3) is 0 Å². The number of carbonyl (C=O) groups excluding carboxylic acids is 2. The molecule has 1 heterocycles. The molecule has 12 nitrogen and oxygen atoms in total. The summed E-state index contributed by atoms with van der Waals surface area (Å²) in [5.74, 6) is -1.06. The lowest BCUT2D eigenvalue weighted by atomic mass is 9.79. The fourth-order valence-corrected chi connectivity index (χ4v) is 5.52. The van der Waals surface area contributed by atoms with E-state index in [1.54, 1.807) is 19.9 Å². The van der Waals surface area contributed by atoms with Gasteiger partial charge >= 0.3 is 0 Å². The number of benzene rings is 3. The molecule has 0 atom stereocenters. The van der Waals surface area contributed by atoms with Crippen LogP contribution in [0.5, 0.6) is 23.0 Å². The highest BCUT2D eigenvalue weighted by Gasteiger charge is 2.37. The van der Waals surface area contributed by atoms with E-state index in [4.69, 9.17) is 42.1 Å². The summed E-state index contributed by atoms with van der Waals surface area (Å²) >= 11 is 12.7. The van der Waals surface area contributed by atoms with Crippen LogP contribution < -0.4 is 34.9 Å². The van der Waals surface area contributed by atoms with E-state index >= 15 is 0 Å². The Balaban J connectivity index is 1.84. The average molecular weight is 658 g/mol. The molecule has 2 amide bonds. The van der Waals surface area contributed by atoms with Gasteiger partial charge in [-0.1, -0.05) is 35.3 Å².